The quantitative estimate of drug-likeness (QED) is 0.828. The number of hydrogen-bond acceptors (Lipinski definition) is 4. The van der Waals surface area contributed by atoms with Gasteiger partial charge >= 0.3 is 0 Å². The van der Waals surface area contributed by atoms with Crippen LogP contribution < -0.4 is 4.74 Å². The van der Waals surface area contributed by atoms with Crippen molar-refractivity contribution in [2.24, 2.45) is 5.92 Å². The number of benzene rings is 2. The van der Waals surface area contributed by atoms with E-state index in [-0.39, 0.29) is 12.7 Å². The average molecular weight is 353 g/mol. The summed E-state index contributed by atoms with van der Waals surface area (Å²) in [7, 11) is 0. The highest BCUT2D eigenvalue weighted by atomic mass is 16.5. The van der Waals surface area contributed by atoms with Gasteiger partial charge in [0.05, 0.1) is 18.8 Å². The molecule has 1 aliphatic heterocycles. The second-order valence-electron chi connectivity index (χ2n) is 7.29. The first-order valence-corrected chi connectivity index (χ1v) is 9.58. The van der Waals surface area contributed by atoms with E-state index >= 15 is 0 Å². The molecule has 1 saturated heterocycles. The minimum atomic E-state index is 0.0335. The Kier molecular flexibility index (Phi) is 5.54. The Morgan fingerprint density at radius 1 is 1.00 bits per heavy atom. The largest absolute Gasteiger partial charge is 0.491 e. The summed E-state index contributed by atoms with van der Waals surface area (Å²) in [5.41, 5.74) is 2.43. The van der Waals surface area contributed by atoms with Gasteiger partial charge in [0.2, 0.25) is 0 Å². The molecular formula is C22H27NO3. The minimum Gasteiger partial charge on any atom is -0.491 e. The van der Waals surface area contributed by atoms with Gasteiger partial charge in [-0.1, -0.05) is 48.5 Å². The standard InChI is InChI=1S/C22H27NO3/c24-12-13-25-20-9-5-4-8-19(20)14-23-15-21(17-6-2-1-3-7-17)26-22(16-23)18-10-11-18/h1-9,18,21-22,24H,10-16H2/t21-,22+/m0/s1. The van der Waals surface area contributed by atoms with Crippen LogP contribution in [0.25, 0.3) is 0 Å². The van der Waals surface area contributed by atoms with E-state index < -0.39 is 0 Å². The molecule has 4 nitrogen and oxygen atoms in total. The van der Waals surface area contributed by atoms with Crippen LogP contribution in [0, 0.1) is 5.92 Å². The van der Waals surface area contributed by atoms with Gasteiger partial charge in [-0.05, 0) is 30.4 Å². The van der Waals surface area contributed by atoms with E-state index in [1.807, 2.05) is 12.1 Å². The predicted molar refractivity (Wildman–Crippen MR) is 101 cm³/mol. The van der Waals surface area contributed by atoms with Crippen LogP contribution in [-0.4, -0.2) is 42.4 Å². The summed E-state index contributed by atoms with van der Waals surface area (Å²) in [5, 5.41) is 9.05. The van der Waals surface area contributed by atoms with Gasteiger partial charge in [0, 0.05) is 25.2 Å². The van der Waals surface area contributed by atoms with Crippen molar-refractivity contribution in [2.45, 2.75) is 31.6 Å². The molecule has 1 aliphatic carbocycles. The van der Waals surface area contributed by atoms with E-state index in [1.54, 1.807) is 0 Å². The summed E-state index contributed by atoms with van der Waals surface area (Å²) in [6.07, 6.45) is 3.02. The van der Waals surface area contributed by atoms with Crippen LogP contribution in [0.1, 0.15) is 30.1 Å². The van der Waals surface area contributed by atoms with Gasteiger partial charge in [-0.25, -0.2) is 0 Å². The Hall–Kier alpha value is -1.88. The topological polar surface area (TPSA) is 41.9 Å². The Balaban J connectivity index is 1.50. The van der Waals surface area contributed by atoms with Crippen LogP contribution in [0.5, 0.6) is 5.75 Å². The molecule has 2 aromatic rings. The molecule has 0 unspecified atom stereocenters. The van der Waals surface area contributed by atoms with Crippen LogP contribution in [0.3, 0.4) is 0 Å². The number of aliphatic hydroxyl groups is 1. The normalized spacial score (nSPS) is 23.7. The fraction of sp³-hybridized carbons (Fsp3) is 0.455. The third kappa shape index (κ3) is 4.26. The molecule has 0 spiro atoms. The molecule has 0 bridgehead atoms. The molecule has 2 aliphatic rings. The van der Waals surface area contributed by atoms with Crippen LogP contribution in [0.4, 0.5) is 0 Å². The third-order valence-electron chi connectivity index (χ3n) is 5.24. The van der Waals surface area contributed by atoms with E-state index in [0.717, 1.165) is 25.4 Å². The summed E-state index contributed by atoms with van der Waals surface area (Å²) in [6.45, 7) is 3.07. The smallest absolute Gasteiger partial charge is 0.123 e. The van der Waals surface area contributed by atoms with Crippen LogP contribution in [0.2, 0.25) is 0 Å². The maximum absolute atomic E-state index is 9.05. The monoisotopic (exact) mass is 353 g/mol. The molecular weight excluding hydrogens is 326 g/mol. The number of para-hydroxylation sites is 1. The molecule has 4 heteroatoms. The molecule has 0 radical (unpaired) electrons. The highest BCUT2D eigenvalue weighted by Gasteiger charge is 2.38. The Labute approximate surface area is 155 Å². The van der Waals surface area contributed by atoms with E-state index in [4.69, 9.17) is 14.6 Å². The molecule has 26 heavy (non-hydrogen) atoms. The highest BCUT2D eigenvalue weighted by Crippen LogP contribution is 2.40. The summed E-state index contributed by atoms with van der Waals surface area (Å²) in [5.74, 6) is 1.58. The fourth-order valence-electron chi connectivity index (χ4n) is 3.74. The first kappa shape index (κ1) is 17.5. The SMILES string of the molecule is OCCOc1ccccc1CN1C[C@@H](c2ccccc2)O[C@@H](C2CC2)C1. The maximum atomic E-state index is 9.05. The third-order valence-corrected chi connectivity index (χ3v) is 5.24. The summed E-state index contributed by atoms with van der Waals surface area (Å²) >= 11 is 0. The molecule has 2 aromatic carbocycles. The van der Waals surface area contributed by atoms with Gasteiger partial charge < -0.3 is 14.6 Å². The van der Waals surface area contributed by atoms with E-state index in [0.29, 0.717) is 18.6 Å². The van der Waals surface area contributed by atoms with Crippen molar-refractivity contribution >= 4 is 0 Å². The molecule has 0 amide bonds. The first-order valence-electron chi connectivity index (χ1n) is 9.58. The first-order chi connectivity index (χ1) is 12.8. The zero-order valence-electron chi connectivity index (χ0n) is 15.1. The predicted octanol–water partition coefficient (Wildman–Crippen LogP) is 3.41. The summed E-state index contributed by atoms with van der Waals surface area (Å²) in [4.78, 5) is 2.49. The number of aliphatic hydroxyl groups excluding tert-OH is 1. The van der Waals surface area contributed by atoms with Crippen molar-refractivity contribution in [2.75, 3.05) is 26.3 Å². The van der Waals surface area contributed by atoms with Crippen LogP contribution in [0.15, 0.2) is 54.6 Å². The van der Waals surface area contributed by atoms with Crippen molar-refractivity contribution in [3.05, 3.63) is 65.7 Å². The Morgan fingerprint density at radius 3 is 2.54 bits per heavy atom. The zero-order chi connectivity index (χ0) is 17.8. The molecule has 2 atom stereocenters. The lowest BCUT2D eigenvalue weighted by Crippen LogP contribution is -2.44. The van der Waals surface area contributed by atoms with Crippen LogP contribution in [-0.2, 0) is 11.3 Å². The lowest BCUT2D eigenvalue weighted by molar-refractivity contribution is -0.0987. The molecule has 0 aromatic heterocycles. The van der Waals surface area contributed by atoms with Crippen molar-refractivity contribution < 1.29 is 14.6 Å². The van der Waals surface area contributed by atoms with Crippen molar-refractivity contribution in [1.82, 2.24) is 4.90 Å². The lowest BCUT2D eigenvalue weighted by atomic mass is 10.0. The van der Waals surface area contributed by atoms with Crippen LogP contribution >= 0.6 is 0 Å². The second-order valence-corrected chi connectivity index (χ2v) is 7.29. The maximum Gasteiger partial charge on any atom is 0.123 e. The number of rotatable bonds is 7. The second kappa shape index (κ2) is 8.21. The van der Waals surface area contributed by atoms with Crippen molar-refractivity contribution in [1.29, 1.82) is 0 Å². The van der Waals surface area contributed by atoms with E-state index in [1.165, 1.54) is 24.0 Å². The molecule has 138 valence electrons. The summed E-state index contributed by atoms with van der Waals surface area (Å²) < 4.78 is 12.2. The Bertz CT molecular complexity index is 702. The lowest BCUT2D eigenvalue weighted by Gasteiger charge is -2.39. The van der Waals surface area contributed by atoms with E-state index in [2.05, 4.69) is 47.4 Å². The van der Waals surface area contributed by atoms with Gasteiger partial charge in [0.1, 0.15) is 12.4 Å². The van der Waals surface area contributed by atoms with Gasteiger partial charge in [0.25, 0.3) is 0 Å². The fourth-order valence-corrected chi connectivity index (χ4v) is 3.74. The minimum absolute atomic E-state index is 0.0335. The van der Waals surface area contributed by atoms with Gasteiger partial charge in [-0.3, -0.25) is 4.90 Å². The highest BCUT2D eigenvalue weighted by molar-refractivity contribution is 5.33. The molecule has 1 saturated carbocycles. The number of hydrogen-bond donors (Lipinski definition) is 1. The molecule has 4 rings (SSSR count). The van der Waals surface area contributed by atoms with Gasteiger partial charge in [-0.2, -0.15) is 0 Å². The average Bonchev–Trinajstić information content (AvgIpc) is 3.53. The van der Waals surface area contributed by atoms with Gasteiger partial charge in [0.15, 0.2) is 0 Å². The number of morpholine rings is 1. The number of nitrogens with zero attached hydrogens (tertiary/aromatic N) is 1. The molecule has 2 fully saturated rings. The molecule has 1 heterocycles. The summed E-state index contributed by atoms with van der Waals surface area (Å²) in [6, 6.07) is 18.7. The zero-order valence-corrected chi connectivity index (χ0v) is 15.1. The number of ether oxygens (including phenoxy) is 2. The van der Waals surface area contributed by atoms with Crippen molar-refractivity contribution in [3.8, 4) is 5.75 Å². The van der Waals surface area contributed by atoms with Crippen molar-refractivity contribution in [3.63, 3.8) is 0 Å². The molecule has 1 N–H and O–H groups in total. The Morgan fingerprint density at radius 2 is 1.77 bits per heavy atom. The van der Waals surface area contributed by atoms with E-state index in [9.17, 15) is 0 Å². The van der Waals surface area contributed by atoms with Gasteiger partial charge in [-0.15, -0.1) is 0 Å².